The Morgan fingerprint density at radius 2 is 1.71 bits per heavy atom. The van der Waals surface area contributed by atoms with E-state index in [1.165, 1.54) is 0 Å². The van der Waals surface area contributed by atoms with E-state index < -0.39 is 5.41 Å². The Balaban J connectivity index is 2.87. The van der Waals surface area contributed by atoms with E-state index in [1.54, 1.807) is 45.0 Å². The number of anilines is 1. The van der Waals surface area contributed by atoms with Gasteiger partial charge >= 0.3 is 0 Å². The predicted molar refractivity (Wildman–Crippen MR) is 55.2 cm³/mol. The number of nitrogens with zero attached hydrogens (tertiary/aromatic N) is 1. The first-order valence-corrected chi connectivity index (χ1v) is 4.51. The fourth-order valence-electron chi connectivity index (χ4n) is 1.00. The van der Waals surface area contributed by atoms with E-state index in [1.807, 2.05) is 6.07 Å². The summed E-state index contributed by atoms with van der Waals surface area (Å²) in [6, 6.07) is 8.75. The maximum Gasteiger partial charge on any atom is 0.256 e. The van der Waals surface area contributed by atoms with Crippen LogP contribution in [0.15, 0.2) is 30.3 Å². The smallest absolute Gasteiger partial charge is 0.256 e. The highest BCUT2D eigenvalue weighted by atomic mass is 16.5. The summed E-state index contributed by atoms with van der Waals surface area (Å²) in [4.78, 5) is 11.6. The highest BCUT2D eigenvalue weighted by Crippen LogP contribution is 2.21. The molecule has 0 fully saturated rings. The molecule has 1 aromatic rings. The van der Waals surface area contributed by atoms with Gasteiger partial charge in [-0.15, -0.1) is 0 Å². The van der Waals surface area contributed by atoms with Gasteiger partial charge in [-0.1, -0.05) is 39.0 Å². The Morgan fingerprint density at radius 1 is 1.21 bits per heavy atom. The van der Waals surface area contributed by atoms with Crippen LogP contribution in [0.1, 0.15) is 20.8 Å². The minimum Gasteiger partial charge on any atom is -0.281 e. The summed E-state index contributed by atoms with van der Waals surface area (Å²) in [6.45, 7) is 5.30. The third kappa shape index (κ3) is 2.33. The largest absolute Gasteiger partial charge is 0.281 e. The van der Waals surface area contributed by atoms with Gasteiger partial charge in [0.2, 0.25) is 0 Å². The van der Waals surface area contributed by atoms with Crippen molar-refractivity contribution < 1.29 is 10.0 Å². The van der Waals surface area contributed by atoms with Crippen LogP contribution in [-0.4, -0.2) is 11.1 Å². The topological polar surface area (TPSA) is 40.5 Å². The third-order valence-electron chi connectivity index (χ3n) is 1.83. The van der Waals surface area contributed by atoms with E-state index in [-0.39, 0.29) is 5.91 Å². The molecule has 1 N–H and O–H groups in total. The lowest BCUT2D eigenvalue weighted by Gasteiger charge is -2.23. The lowest BCUT2D eigenvalue weighted by molar-refractivity contribution is -0.131. The first-order chi connectivity index (χ1) is 6.43. The molecular weight excluding hydrogens is 178 g/mol. The Kier molecular flexibility index (Phi) is 2.91. The summed E-state index contributed by atoms with van der Waals surface area (Å²) in [7, 11) is 0. The lowest BCUT2D eigenvalue weighted by Crippen LogP contribution is -2.37. The van der Waals surface area contributed by atoms with Gasteiger partial charge in [0.15, 0.2) is 0 Å². The van der Waals surface area contributed by atoms with Crippen LogP contribution in [0.4, 0.5) is 5.69 Å². The molecule has 0 aliphatic rings. The molecule has 0 aliphatic heterocycles. The Hall–Kier alpha value is -1.35. The van der Waals surface area contributed by atoms with Crippen LogP contribution in [0.3, 0.4) is 0 Å². The normalized spacial score (nSPS) is 11.1. The molecule has 76 valence electrons. The van der Waals surface area contributed by atoms with Crippen molar-refractivity contribution in [2.75, 3.05) is 5.06 Å². The summed E-state index contributed by atoms with van der Waals surface area (Å²) in [5.41, 5.74) is -0.0858. The summed E-state index contributed by atoms with van der Waals surface area (Å²) in [6.07, 6.45) is 0. The van der Waals surface area contributed by atoms with Crippen LogP contribution < -0.4 is 5.06 Å². The van der Waals surface area contributed by atoms with Gasteiger partial charge in [0.25, 0.3) is 5.91 Å². The van der Waals surface area contributed by atoms with Crippen molar-refractivity contribution >= 4 is 11.6 Å². The molecule has 0 spiro atoms. The number of carbonyl (C=O) groups is 1. The molecule has 0 bridgehead atoms. The molecule has 0 heterocycles. The predicted octanol–water partition coefficient (Wildman–Crippen LogP) is 2.45. The van der Waals surface area contributed by atoms with Gasteiger partial charge in [-0.3, -0.25) is 10.0 Å². The lowest BCUT2D eigenvalue weighted by atomic mass is 9.95. The van der Waals surface area contributed by atoms with Crippen LogP contribution in [0.5, 0.6) is 0 Å². The highest BCUT2D eigenvalue weighted by molar-refractivity contribution is 5.94. The van der Waals surface area contributed by atoms with E-state index in [4.69, 9.17) is 0 Å². The molecule has 1 aromatic carbocycles. The fourth-order valence-corrected chi connectivity index (χ4v) is 1.00. The van der Waals surface area contributed by atoms with Crippen LogP contribution in [0.2, 0.25) is 0 Å². The van der Waals surface area contributed by atoms with Crippen LogP contribution in [0, 0.1) is 5.41 Å². The molecule has 1 rings (SSSR count). The molecule has 0 radical (unpaired) electrons. The Morgan fingerprint density at radius 3 is 2.14 bits per heavy atom. The van der Waals surface area contributed by atoms with Crippen LogP contribution >= 0.6 is 0 Å². The standard InChI is InChI=1S/C11H15NO2/c1-11(2,3)10(13)12(14)9-7-5-4-6-8-9/h4-8,14H,1-3H3. The molecule has 1 amide bonds. The van der Waals surface area contributed by atoms with Gasteiger partial charge in [0, 0.05) is 5.41 Å². The monoisotopic (exact) mass is 193 g/mol. The second-order valence-electron chi connectivity index (χ2n) is 4.20. The van der Waals surface area contributed by atoms with Crippen molar-refractivity contribution in [3.63, 3.8) is 0 Å². The van der Waals surface area contributed by atoms with Gasteiger partial charge in [0.05, 0.1) is 5.69 Å². The zero-order valence-corrected chi connectivity index (χ0v) is 8.69. The van der Waals surface area contributed by atoms with Gasteiger partial charge < -0.3 is 0 Å². The number of hydrogen-bond donors (Lipinski definition) is 1. The summed E-state index contributed by atoms with van der Waals surface area (Å²) < 4.78 is 0. The SMILES string of the molecule is CC(C)(C)C(=O)N(O)c1ccccc1. The van der Waals surface area contributed by atoms with Gasteiger partial charge in [-0.25, -0.2) is 0 Å². The minimum absolute atomic E-state index is 0.316. The molecule has 3 heteroatoms. The third-order valence-corrected chi connectivity index (χ3v) is 1.83. The van der Waals surface area contributed by atoms with Crippen LogP contribution in [-0.2, 0) is 4.79 Å². The molecule has 3 nitrogen and oxygen atoms in total. The molecular formula is C11H15NO2. The Labute approximate surface area is 83.9 Å². The number of carbonyl (C=O) groups excluding carboxylic acids is 1. The van der Waals surface area contributed by atoms with Crippen LogP contribution in [0.25, 0.3) is 0 Å². The second kappa shape index (κ2) is 3.80. The maximum absolute atomic E-state index is 11.6. The summed E-state index contributed by atoms with van der Waals surface area (Å²) in [5.74, 6) is -0.316. The quantitative estimate of drug-likeness (QED) is 0.549. The molecule has 14 heavy (non-hydrogen) atoms. The zero-order valence-electron chi connectivity index (χ0n) is 8.69. The van der Waals surface area contributed by atoms with Crippen molar-refractivity contribution in [1.82, 2.24) is 0 Å². The molecule has 0 saturated carbocycles. The second-order valence-corrected chi connectivity index (χ2v) is 4.20. The van der Waals surface area contributed by atoms with E-state index in [9.17, 15) is 10.0 Å². The minimum atomic E-state index is -0.579. The molecule has 0 atom stereocenters. The van der Waals surface area contributed by atoms with Crippen molar-refractivity contribution in [3.05, 3.63) is 30.3 Å². The first-order valence-electron chi connectivity index (χ1n) is 4.51. The number of amides is 1. The molecule has 0 saturated heterocycles. The van der Waals surface area contributed by atoms with E-state index in [0.717, 1.165) is 0 Å². The maximum atomic E-state index is 11.6. The highest BCUT2D eigenvalue weighted by Gasteiger charge is 2.27. The average molecular weight is 193 g/mol. The van der Waals surface area contributed by atoms with Gasteiger partial charge in [-0.05, 0) is 12.1 Å². The number of hydroxylamine groups is 1. The Bertz CT molecular complexity index is 314. The summed E-state index contributed by atoms with van der Waals surface area (Å²) >= 11 is 0. The number of benzene rings is 1. The van der Waals surface area contributed by atoms with Gasteiger partial charge in [-0.2, -0.15) is 5.06 Å². The van der Waals surface area contributed by atoms with E-state index in [2.05, 4.69) is 0 Å². The number of para-hydroxylation sites is 1. The van der Waals surface area contributed by atoms with Crippen molar-refractivity contribution in [1.29, 1.82) is 0 Å². The molecule has 0 aliphatic carbocycles. The van der Waals surface area contributed by atoms with Crippen molar-refractivity contribution in [2.24, 2.45) is 5.41 Å². The fraction of sp³-hybridized carbons (Fsp3) is 0.364. The van der Waals surface area contributed by atoms with Gasteiger partial charge in [0.1, 0.15) is 0 Å². The van der Waals surface area contributed by atoms with E-state index in [0.29, 0.717) is 10.8 Å². The molecule has 0 unspecified atom stereocenters. The number of rotatable bonds is 1. The van der Waals surface area contributed by atoms with E-state index >= 15 is 0 Å². The van der Waals surface area contributed by atoms with Crippen molar-refractivity contribution in [3.8, 4) is 0 Å². The summed E-state index contributed by atoms with van der Waals surface area (Å²) in [5, 5.41) is 10.3. The zero-order chi connectivity index (χ0) is 10.8. The van der Waals surface area contributed by atoms with Crippen molar-refractivity contribution in [2.45, 2.75) is 20.8 Å². The molecule has 0 aromatic heterocycles. The average Bonchev–Trinajstić information content (AvgIpc) is 2.15. The number of hydrogen-bond acceptors (Lipinski definition) is 2. The first kappa shape index (κ1) is 10.7.